The monoisotopic (exact) mass is 363 g/mol. The molecule has 0 saturated carbocycles. The summed E-state index contributed by atoms with van der Waals surface area (Å²) >= 11 is 1.34. The van der Waals surface area contributed by atoms with E-state index in [4.69, 9.17) is 9.47 Å². The van der Waals surface area contributed by atoms with Crippen molar-refractivity contribution in [2.75, 3.05) is 26.0 Å². The molecule has 134 valence electrons. The van der Waals surface area contributed by atoms with E-state index in [9.17, 15) is 4.79 Å². The van der Waals surface area contributed by atoms with Crippen molar-refractivity contribution in [1.82, 2.24) is 25.1 Å². The van der Waals surface area contributed by atoms with Crippen LogP contribution in [0.4, 0.5) is 0 Å². The Kier molecular flexibility index (Phi) is 5.42. The second-order valence-electron chi connectivity index (χ2n) is 6.02. The highest BCUT2D eigenvalue weighted by atomic mass is 32.2. The minimum absolute atomic E-state index is 0.0122. The third-order valence-corrected chi connectivity index (χ3v) is 4.65. The maximum atomic E-state index is 12.4. The van der Waals surface area contributed by atoms with E-state index in [1.165, 1.54) is 11.8 Å². The first-order valence-electron chi connectivity index (χ1n) is 8.07. The molecule has 0 aliphatic carbocycles. The molecule has 1 aliphatic rings. The summed E-state index contributed by atoms with van der Waals surface area (Å²) in [6.45, 7) is 5.61. The van der Waals surface area contributed by atoms with Gasteiger partial charge in [0.1, 0.15) is 13.2 Å². The number of ether oxygens (including phenoxy) is 2. The molecule has 1 aromatic heterocycles. The number of amides is 1. The molecular weight excluding hydrogens is 342 g/mol. The van der Waals surface area contributed by atoms with E-state index in [0.717, 1.165) is 17.1 Å². The van der Waals surface area contributed by atoms with Gasteiger partial charge < -0.3 is 14.4 Å². The summed E-state index contributed by atoms with van der Waals surface area (Å²) in [4.78, 5) is 14.1. The van der Waals surface area contributed by atoms with Crippen molar-refractivity contribution in [2.45, 2.75) is 31.6 Å². The summed E-state index contributed by atoms with van der Waals surface area (Å²) in [5, 5.41) is 12.2. The summed E-state index contributed by atoms with van der Waals surface area (Å²) in [7, 11) is 1.78. The Hall–Kier alpha value is -2.29. The van der Waals surface area contributed by atoms with Gasteiger partial charge in [0.05, 0.1) is 11.8 Å². The Morgan fingerprint density at radius 2 is 2.08 bits per heavy atom. The summed E-state index contributed by atoms with van der Waals surface area (Å²) in [5.41, 5.74) is 0.997. The summed E-state index contributed by atoms with van der Waals surface area (Å²) in [5.74, 6) is 1.78. The van der Waals surface area contributed by atoms with Gasteiger partial charge in [0.25, 0.3) is 0 Å². The number of tetrazole rings is 1. The predicted octanol–water partition coefficient (Wildman–Crippen LogP) is 1.78. The van der Waals surface area contributed by atoms with Gasteiger partial charge in [-0.25, -0.2) is 4.68 Å². The van der Waals surface area contributed by atoms with Gasteiger partial charge in [-0.1, -0.05) is 17.8 Å². The van der Waals surface area contributed by atoms with E-state index in [2.05, 4.69) is 15.5 Å². The molecule has 0 saturated heterocycles. The topological polar surface area (TPSA) is 82.4 Å². The number of hydrogen-bond acceptors (Lipinski definition) is 7. The molecule has 0 atom stereocenters. The van der Waals surface area contributed by atoms with Gasteiger partial charge in [-0.3, -0.25) is 4.79 Å². The number of thioether (sulfide) groups is 1. The molecule has 1 aliphatic heterocycles. The van der Waals surface area contributed by atoms with E-state index >= 15 is 0 Å². The highest BCUT2D eigenvalue weighted by Crippen LogP contribution is 2.31. The molecule has 9 heteroatoms. The van der Waals surface area contributed by atoms with Crippen molar-refractivity contribution in [3.05, 3.63) is 23.8 Å². The molecule has 0 fully saturated rings. The van der Waals surface area contributed by atoms with Crippen LogP contribution in [0.1, 0.15) is 25.5 Å². The Labute approximate surface area is 150 Å². The first-order chi connectivity index (χ1) is 12.0. The second kappa shape index (κ2) is 7.73. The molecule has 0 unspecified atom stereocenters. The second-order valence-corrected chi connectivity index (χ2v) is 6.96. The number of benzene rings is 1. The maximum Gasteiger partial charge on any atom is 0.233 e. The average Bonchev–Trinajstić information content (AvgIpc) is 3.08. The van der Waals surface area contributed by atoms with Crippen molar-refractivity contribution in [2.24, 2.45) is 0 Å². The number of carbonyl (C=O) groups is 1. The van der Waals surface area contributed by atoms with Crippen LogP contribution in [0.25, 0.3) is 0 Å². The van der Waals surface area contributed by atoms with Crippen molar-refractivity contribution >= 4 is 17.7 Å². The zero-order valence-corrected chi connectivity index (χ0v) is 15.3. The normalized spacial score (nSPS) is 13.1. The fourth-order valence-electron chi connectivity index (χ4n) is 2.39. The maximum absolute atomic E-state index is 12.4. The Bertz CT molecular complexity index is 749. The van der Waals surface area contributed by atoms with Crippen molar-refractivity contribution < 1.29 is 14.3 Å². The first kappa shape index (κ1) is 17.5. The van der Waals surface area contributed by atoms with Crippen LogP contribution in [0.15, 0.2) is 23.4 Å². The first-order valence-corrected chi connectivity index (χ1v) is 9.06. The molecule has 0 radical (unpaired) electrons. The van der Waals surface area contributed by atoms with Crippen molar-refractivity contribution in [3.8, 4) is 11.5 Å². The highest BCUT2D eigenvalue weighted by Gasteiger charge is 2.16. The van der Waals surface area contributed by atoms with Gasteiger partial charge >= 0.3 is 0 Å². The number of aromatic nitrogens is 4. The minimum atomic E-state index is 0.0122. The molecule has 2 aromatic rings. The lowest BCUT2D eigenvalue weighted by Crippen LogP contribution is -2.28. The predicted molar refractivity (Wildman–Crippen MR) is 92.8 cm³/mol. The third kappa shape index (κ3) is 4.22. The Morgan fingerprint density at radius 1 is 1.32 bits per heavy atom. The zero-order valence-electron chi connectivity index (χ0n) is 14.5. The van der Waals surface area contributed by atoms with Gasteiger partial charge in [0.2, 0.25) is 11.1 Å². The molecule has 0 N–H and O–H groups in total. The number of carbonyl (C=O) groups excluding carboxylic acids is 1. The Morgan fingerprint density at radius 3 is 2.84 bits per heavy atom. The van der Waals surface area contributed by atoms with Crippen LogP contribution in [0.5, 0.6) is 11.5 Å². The van der Waals surface area contributed by atoms with Gasteiger partial charge in [0.15, 0.2) is 11.5 Å². The summed E-state index contributed by atoms with van der Waals surface area (Å²) in [6, 6.07) is 5.91. The minimum Gasteiger partial charge on any atom is -0.486 e. The molecular formula is C16H21N5O3S. The lowest BCUT2D eigenvalue weighted by atomic mass is 10.2. The van der Waals surface area contributed by atoms with Crippen LogP contribution in [0.3, 0.4) is 0 Å². The Balaban J connectivity index is 1.56. The quantitative estimate of drug-likeness (QED) is 0.724. The standard InChI is InChI=1S/C16H21N5O3S/c1-11(2)21-16(17-18-19-21)25-10-15(22)20(3)9-12-4-5-13-14(8-12)24-7-6-23-13/h4-5,8,11H,6-7,9-10H2,1-3H3. The van der Waals surface area contributed by atoms with E-state index in [1.54, 1.807) is 16.6 Å². The molecule has 3 rings (SSSR count). The van der Waals surface area contributed by atoms with Crippen LogP contribution < -0.4 is 9.47 Å². The smallest absolute Gasteiger partial charge is 0.233 e. The third-order valence-electron chi connectivity index (χ3n) is 3.73. The van der Waals surface area contributed by atoms with Gasteiger partial charge in [-0.2, -0.15) is 0 Å². The van der Waals surface area contributed by atoms with Crippen molar-refractivity contribution in [1.29, 1.82) is 0 Å². The van der Waals surface area contributed by atoms with Crippen LogP contribution in [0.2, 0.25) is 0 Å². The number of hydrogen-bond donors (Lipinski definition) is 0. The number of fused-ring (bicyclic) bond motifs is 1. The molecule has 8 nitrogen and oxygen atoms in total. The molecule has 1 amide bonds. The lowest BCUT2D eigenvalue weighted by molar-refractivity contribution is -0.127. The van der Waals surface area contributed by atoms with Gasteiger partial charge in [-0.05, 0) is 42.0 Å². The summed E-state index contributed by atoms with van der Waals surface area (Å²) in [6.07, 6.45) is 0. The fourth-order valence-corrected chi connectivity index (χ4v) is 3.34. The molecule has 25 heavy (non-hydrogen) atoms. The zero-order chi connectivity index (χ0) is 17.8. The van der Waals surface area contributed by atoms with Gasteiger partial charge in [0, 0.05) is 13.6 Å². The molecule has 0 bridgehead atoms. The SMILES string of the molecule is CC(C)n1nnnc1SCC(=O)N(C)Cc1ccc2c(c1)OCCO2. The van der Waals surface area contributed by atoms with Crippen LogP contribution in [-0.4, -0.2) is 57.0 Å². The van der Waals surface area contributed by atoms with E-state index in [-0.39, 0.29) is 17.7 Å². The molecule has 2 heterocycles. The lowest BCUT2D eigenvalue weighted by Gasteiger charge is -2.21. The summed E-state index contributed by atoms with van der Waals surface area (Å²) < 4.78 is 12.8. The largest absolute Gasteiger partial charge is 0.486 e. The van der Waals surface area contributed by atoms with Crippen LogP contribution in [0, 0.1) is 0 Å². The number of rotatable bonds is 6. The fraction of sp³-hybridized carbons (Fsp3) is 0.500. The molecule has 1 aromatic carbocycles. The van der Waals surface area contributed by atoms with Crippen LogP contribution in [-0.2, 0) is 11.3 Å². The average molecular weight is 363 g/mol. The molecule has 0 spiro atoms. The van der Waals surface area contributed by atoms with Crippen molar-refractivity contribution in [3.63, 3.8) is 0 Å². The van der Waals surface area contributed by atoms with Crippen LogP contribution >= 0.6 is 11.8 Å². The number of nitrogens with zero attached hydrogens (tertiary/aromatic N) is 5. The highest BCUT2D eigenvalue weighted by molar-refractivity contribution is 7.99. The van der Waals surface area contributed by atoms with Gasteiger partial charge in [-0.15, -0.1) is 5.10 Å². The van der Waals surface area contributed by atoms with E-state index in [1.807, 2.05) is 32.0 Å². The van der Waals surface area contributed by atoms with E-state index in [0.29, 0.717) is 24.9 Å². The van der Waals surface area contributed by atoms with E-state index < -0.39 is 0 Å².